The van der Waals surface area contributed by atoms with E-state index >= 15 is 0 Å². The number of halogens is 2. The number of carbonyl (C=O) groups is 2. The van der Waals surface area contributed by atoms with E-state index in [1.165, 1.54) is 0 Å². The van der Waals surface area contributed by atoms with Crippen LogP contribution in [0.1, 0.15) is 13.3 Å². The first-order chi connectivity index (χ1) is 9.92. The molecule has 0 unspecified atom stereocenters. The summed E-state index contributed by atoms with van der Waals surface area (Å²) in [6.07, 6.45) is 0.254. The van der Waals surface area contributed by atoms with E-state index < -0.39 is 0 Å². The predicted octanol–water partition coefficient (Wildman–Crippen LogP) is 2.82. The highest BCUT2D eigenvalue weighted by Gasteiger charge is 2.10. The number of anilines is 1. The molecule has 1 rings (SSSR count). The van der Waals surface area contributed by atoms with E-state index in [0.29, 0.717) is 28.9 Å². The molecular weight excluding hydrogens is 315 g/mol. The van der Waals surface area contributed by atoms with Gasteiger partial charge in [0.25, 0.3) is 0 Å². The minimum Gasteiger partial charge on any atom is -0.466 e. The van der Waals surface area contributed by atoms with E-state index in [2.05, 4.69) is 5.32 Å². The Kier molecular flexibility index (Phi) is 7.50. The van der Waals surface area contributed by atoms with Crippen LogP contribution in [0.4, 0.5) is 5.69 Å². The van der Waals surface area contributed by atoms with Gasteiger partial charge in [-0.2, -0.15) is 0 Å². The standard InChI is InChI=1S/C14H18Cl2N2O3/c1-3-21-14(20)6-7-18(2)9-13(19)17-10-4-5-11(15)12(16)8-10/h4-5,8H,3,6-7,9H2,1-2H3,(H,17,19). The Labute approximate surface area is 134 Å². The summed E-state index contributed by atoms with van der Waals surface area (Å²) in [7, 11) is 1.76. The Morgan fingerprint density at radius 2 is 2.00 bits per heavy atom. The second-order valence-corrected chi connectivity index (χ2v) is 5.28. The van der Waals surface area contributed by atoms with Gasteiger partial charge in [-0.3, -0.25) is 14.5 Å². The summed E-state index contributed by atoms with van der Waals surface area (Å²) in [4.78, 5) is 24.8. The van der Waals surface area contributed by atoms with Crippen molar-refractivity contribution in [1.82, 2.24) is 4.90 Å². The van der Waals surface area contributed by atoms with Crippen molar-refractivity contribution >= 4 is 40.8 Å². The molecule has 0 spiro atoms. The van der Waals surface area contributed by atoms with Crippen LogP contribution in [0.5, 0.6) is 0 Å². The molecule has 0 radical (unpaired) electrons. The van der Waals surface area contributed by atoms with Crippen molar-refractivity contribution in [2.24, 2.45) is 0 Å². The maximum absolute atomic E-state index is 11.8. The molecule has 1 N–H and O–H groups in total. The Bertz CT molecular complexity index is 509. The first-order valence-corrected chi connectivity index (χ1v) is 7.27. The molecule has 5 nitrogen and oxygen atoms in total. The van der Waals surface area contributed by atoms with Crippen molar-refractivity contribution in [3.63, 3.8) is 0 Å². The molecule has 0 aliphatic heterocycles. The molecule has 7 heteroatoms. The van der Waals surface area contributed by atoms with E-state index in [9.17, 15) is 9.59 Å². The summed E-state index contributed by atoms with van der Waals surface area (Å²) in [5, 5.41) is 3.53. The smallest absolute Gasteiger partial charge is 0.307 e. The molecule has 116 valence electrons. The van der Waals surface area contributed by atoms with Gasteiger partial charge < -0.3 is 10.1 Å². The molecule has 0 saturated carbocycles. The van der Waals surface area contributed by atoms with Crippen molar-refractivity contribution < 1.29 is 14.3 Å². The second kappa shape index (κ2) is 8.87. The summed E-state index contributed by atoms with van der Waals surface area (Å²) >= 11 is 11.7. The van der Waals surface area contributed by atoms with Gasteiger partial charge in [-0.1, -0.05) is 23.2 Å². The summed E-state index contributed by atoms with van der Waals surface area (Å²) in [5.41, 5.74) is 0.577. The van der Waals surface area contributed by atoms with Crippen LogP contribution in [0, 0.1) is 0 Å². The van der Waals surface area contributed by atoms with Crippen molar-refractivity contribution in [1.29, 1.82) is 0 Å². The molecule has 1 aromatic rings. The Morgan fingerprint density at radius 1 is 1.29 bits per heavy atom. The fraction of sp³-hybridized carbons (Fsp3) is 0.429. The lowest BCUT2D eigenvalue weighted by Gasteiger charge is -2.15. The van der Waals surface area contributed by atoms with E-state index in [-0.39, 0.29) is 24.8 Å². The van der Waals surface area contributed by atoms with Crippen LogP contribution >= 0.6 is 23.2 Å². The minimum absolute atomic E-state index is 0.166. The monoisotopic (exact) mass is 332 g/mol. The number of carbonyl (C=O) groups excluding carboxylic acids is 2. The maximum Gasteiger partial charge on any atom is 0.307 e. The van der Waals surface area contributed by atoms with Crippen LogP contribution in [-0.2, 0) is 14.3 Å². The number of benzene rings is 1. The molecule has 0 bridgehead atoms. The van der Waals surface area contributed by atoms with Crippen LogP contribution in [-0.4, -0.2) is 43.5 Å². The van der Waals surface area contributed by atoms with Gasteiger partial charge in [-0.25, -0.2) is 0 Å². The molecule has 0 aliphatic rings. The average molecular weight is 333 g/mol. The SMILES string of the molecule is CCOC(=O)CCN(C)CC(=O)Nc1ccc(Cl)c(Cl)c1. The summed E-state index contributed by atoms with van der Waals surface area (Å²) in [6.45, 7) is 2.74. The van der Waals surface area contributed by atoms with Gasteiger partial charge >= 0.3 is 5.97 Å². The highest BCUT2D eigenvalue weighted by atomic mass is 35.5. The van der Waals surface area contributed by atoms with E-state index in [0.717, 1.165) is 0 Å². The van der Waals surface area contributed by atoms with E-state index in [4.69, 9.17) is 27.9 Å². The van der Waals surface area contributed by atoms with Gasteiger partial charge in [-0.05, 0) is 32.2 Å². The number of nitrogens with zero attached hydrogens (tertiary/aromatic N) is 1. The highest BCUT2D eigenvalue weighted by Crippen LogP contribution is 2.24. The molecule has 21 heavy (non-hydrogen) atoms. The quantitative estimate of drug-likeness (QED) is 0.780. The average Bonchev–Trinajstić information content (AvgIpc) is 2.41. The molecule has 1 amide bonds. The second-order valence-electron chi connectivity index (χ2n) is 4.47. The molecule has 0 heterocycles. The normalized spacial score (nSPS) is 10.5. The molecule has 1 aromatic carbocycles. The highest BCUT2D eigenvalue weighted by molar-refractivity contribution is 6.42. The lowest BCUT2D eigenvalue weighted by molar-refractivity contribution is -0.143. The minimum atomic E-state index is -0.269. The molecular formula is C14H18Cl2N2O3. The number of hydrogen-bond donors (Lipinski definition) is 1. The summed E-state index contributed by atoms with van der Waals surface area (Å²) < 4.78 is 4.82. The zero-order valence-electron chi connectivity index (χ0n) is 12.0. The van der Waals surface area contributed by atoms with Gasteiger partial charge in [0.2, 0.25) is 5.91 Å². The third-order valence-corrected chi connectivity index (χ3v) is 3.36. The molecule has 0 fully saturated rings. The van der Waals surface area contributed by atoms with Gasteiger partial charge in [-0.15, -0.1) is 0 Å². The van der Waals surface area contributed by atoms with Crippen LogP contribution in [0.3, 0.4) is 0 Å². The van der Waals surface area contributed by atoms with Gasteiger partial charge in [0.15, 0.2) is 0 Å². The first kappa shape index (κ1) is 17.8. The number of likely N-dealkylation sites (N-methyl/N-ethyl adjacent to an activating group) is 1. The first-order valence-electron chi connectivity index (χ1n) is 6.51. The molecule has 0 aliphatic carbocycles. The Hall–Kier alpha value is -1.30. The molecule has 0 saturated heterocycles. The van der Waals surface area contributed by atoms with E-state index in [1.54, 1.807) is 37.1 Å². The predicted molar refractivity (Wildman–Crippen MR) is 83.8 cm³/mol. The lowest BCUT2D eigenvalue weighted by Crippen LogP contribution is -2.32. The lowest BCUT2D eigenvalue weighted by atomic mass is 10.3. The number of rotatable bonds is 7. The zero-order valence-corrected chi connectivity index (χ0v) is 13.5. The fourth-order valence-corrected chi connectivity index (χ4v) is 1.91. The van der Waals surface area contributed by atoms with Crippen LogP contribution < -0.4 is 5.32 Å². The maximum atomic E-state index is 11.8. The third kappa shape index (κ3) is 6.80. The van der Waals surface area contributed by atoms with Crippen molar-refractivity contribution in [2.75, 3.05) is 32.1 Å². The third-order valence-electron chi connectivity index (χ3n) is 2.62. The Morgan fingerprint density at radius 3 is 2.62 bits per heavy atom. The zero-order chi connectivity index (χ0) is 15.8. The number of hydrogen-bond acceptors (Lipinski definition) is 4. The largest absolute Gasteiger partial charge is 0.466 e. The van der Waals surface area contributed by atoms with Crippen LogP contribution in [0.15, 0.2) is 18.2 Å². The van der Waals surface area contributed by atoms with Crippen LogP contribution in [0.2, 0.25) is 10.0 Å². The molecule has 0 aromatic heterocycles. The van der Waals surface area contributed by atoms with Crippen molar-refractivity contribution in [2.45, 2.75) is 13.3 Å². The Balaban J connectivity index is 2.38. The fourth-order valence-electron chi connectivity index (χ4n) is 1.61. The summed E-state index contributed by atoms with van der Waals surface area (Å²) in [5.74, 6) is -0.464. The summed E-state index contributed by atoms with van der Waals surface area (Å²) in [6, 6.07) is 4.87. The van der Waals surface area contributed by atoms with Crippen molar-refractivity contribution in [3.05, 3.63) is 28.2 Å². The number of amides is 1. The van der Waals surface area contributed by atoms with Crippen molar-refractivity contribution in [3.8, 4) is 0 Å². The van der Waals surface area contributed by atoms with E-state index in [1.807, 2.05) is 0 Å². The number of nitrogens with one attached hydrogen (secondary N) is 1. The number of esters is 1. The molecule has 0 atom stereocenters. The van der Waals surface area contributed by atoms with Gasteiger partial charge in [0.05, 0.1) is 29.6 Å². The van der Waals surface area contributed by atoms with Crippen LogP contribution in [0.25, 0.3) is 0 Å². The van der Waals surface area contributed by atoms with Gasteiger partial charge in [0.1, 0.15) is 0 Å². The topological polar surface area (TPSA) is 58.6 Å². The van der Waals surface area contributed by atoms with Gasteiger partial charge in [0, 0.05) is 12.2 Å². The number of ether oxygens (including phenoxy) is 1.